The Labute approximate surface area is 702 Å². The van der Waals surface area contributed by atoms with Gasteiger partial charge in [-0.2, -0.15) is 0 Å². The molecule has 12 N–H and O–H groups in total. The van der Waals surface area contributed by atoms with Gasteiger partial charge in [0, 0.05) is 6.42 Å². The molecule has 3 aliphatic rings. The summed E-state index contributed by atoms with van der Waals surface area (Å²) >= 11 is 0. The van der Waals surface area contributed by atoms with E-state index in [1.165, 1.54) is 379 Å². The predicted octanol–water partition coefficient (Wildman–Crippen LogP) is 20.0. The first-order valence-corrected chi connectivity index (χ1v) is 49.1. The van der Waals surface area contributed by atoms with Gasteiger partial charge in [-0.1, -0.05) is 436 Å². The van der Waals surface area contributed by atoms with E-state index in [-0.39, 0.29) is 18.9 Å². The lowest BCUT2D eigenvalue weighted by molar-refractivity contribution is -0.379. The van der Waals surface area contributed by atoms with E-state index in [4.69, 9.17) is 28.4 Å². The van der Waals surface area contributed by atoms with Crippen molar-refractivity contribution in [3.05, 3.63) is 24.3 Å². The number of carbonyl (C=O) groups is 1. The standard InChI is InChI=1S/C96H183NO18/c1-3-5-7-9-11-13-15-17-19-21-23-25-27-29-31-33-34-35-36-37-38-39-40-41-42-43-44-46-48-50-52-54-56-58-60-62-64-66-68-70-72-74-84(102)97-79(80(101)73-71-69-67-65-63-61-59-57-55-53-51-49-47-45-32-30-28-26-24-22-20-18-16-14-12-10-8-6-4-2)78-110-94-90(108)87(105)92(82(76-99)112-94)115-96-91(109)88(106)93(83(77-100)113-96)114-95-89(107)86(104)85(103)81(75-98)111-95/h63,65,71,73,79-83,85-96,98-101,103-109H,3-62,64,66-70,72,74-78H2,1-2H3,(H,97,102)/b65-63+,73-71+. The topological polar surface area (TPSA) is 307 Å². The summed E-state index contributed by atoms with van der Waals surface area (Å²) in [6, 6.07) is -0.990. The van der Waals surface area contributed by atoms with Crippen LogP contribution in [0.3, 0.4) is 0 Å². The molecule has 3 aliphatic heterocycles. The van der Waals surface area contributed by atoms with Crippen molar-refractivity contribution in [2.24, 2.45) is 0 Å². The second kappa shape index (κ2) is 76.0. The molecule has 680 valence electrons. The summed E-state index contributed by atoms with van der Waals surface area (Å²) in [4.78, 5) is 13.5. The second-order valence-electron chi connectivity index (χ2n) is 35.2. The lowest BCUT2D eigenvalue weighted by Gasteiger charge is -2.48. The molecule has 115 heavy (non-hydrogen) atoms. The molecule has 0 aromatic rings. The minimum Gasteiger partial charge on any atom is -0.394 e. The number of aliphatic hydroxyl groups is 11. The Morgan fingerprint density at radius 2 is 0.557 bits per heavy atom. The highest BCUT2D eigenvalue weighted by Crippen LogP contribution is 2.34. The fourth-order valence-corrected chi connectivity index (χ4v) is 17.0. The summed E-state index contributed by atoms with van der Waals surface area (Å²) in [6.45, 7) is 1.81. The van der Waals surface area contributed by atoms with Crippen molar-refractivity contribution >= 4 is 5.91 Å². The smallest absolute Gasteiger partial charge is 0.220 e. The van der Waals surface area contributed by atoms with Gasteiger partial charge in [0.1, 0.15) is 73.2 Å². The van der Waals surface area contributed by atoms with Gasteiger partial charge in [0.05, 0.1) is 38.6 Å². The lowest BCUT2D eigenvalue weighted by Crippen LogP contribution is -2.66. The van der Waals surface area contributed by atoms with Gasteiger partial charge in [0.15, 0.2) is 18.9 Å². The Hall–Kier alpha value is -1.73. The number of amides is 1. The lowest BCUT2D eigenvalue weighted by atomic mass is 9.96. The third-order valence-electron chi connectivity index (χ3n) is 24.8. The Balaban J connectivity index is 1.28. The molecule has 19 nitrogen and oxygen atoms in total. The van der Waals surface area contributed by atoms with Crippen LogP contribution in [0.5, 0.6) is 0 Å². The summed E-state index contributed by atoms with van der Waals surface area (Å²) in [5.74, 6) is -0.275. The zero-order chi connectivity index (χ0) is 83.1. The molecule has 17 atom stereocenters. The van der Waals surface area contributed by atoms with Crippen LogP contribution in [-0.2, 0) is 33.2 Å². The molecular formula is C96H183NO18. The van der Waals surface area contributed by atoms with Crippen LogP contribution in [0.25, 0.3) is 0 Å². The largest absolute Gasteiger partial charge is 0.394 e. The summed E-state index contributed by atoms with van der Waals surface area (Å²) in [6.07, 6.45) is 70.9. The van der Waals surface area contributed by atoms with Crippen LogP contribution >= 0.6 is 0 Å². The first-order valence-electron chi connectivity index (χ1n) is 49.1. The zero-order valence-electron chi connectivity index (χ0n) is 73.8. The third-order valence-corrected chi connectivity index (χ3v) is 24.8. The molecule has 0 bridgehead atoms. The highest BCUT2D eigenvalue weighted by atomic mass is 16.8. The van der Waals surface area contributed by atoms with Gasteiger partial charge >= 0.3 is 0 Å². The molecule has 1 amide bonds. The third kappa shape index (κ3) is 53.8. The van der Waals surface area contributed by atoms with E-state index in [2.05, 4.69) is 31.3 Å². The SMILES string of the molecule is CCCCCCCCCCCCCCCCCCCCCCCCC/C=C/CC/C=C/C(O)C(COC1OC(CO)C(OC2OC(CO)C(OC3OC(CO)C(O)C(O)C3O)C(O)C2O)C(O)C1O)NC(=O)CCCCCCCCCCCCCCCCCCCCCCCCCCCCCCCCCCCCCCCCCCC. The Kier molecular flexibility index (Phi) is 71.0. The van der Waals surface area contributed by atoms with Crippen molar-refractivity contribution in [3.63, 3.8) is 0 Å². The van der Waals surface area contributed by atoms with Gasteiger partial charge < -0.3 is 89.9 Å². The van der Waals surface area contributed by atoms with Gasteiger partial charge in [-0.25, -0.2) is 0 Å². The Morgan fingerprint density at radius 3 is 0.870 bits per heavy atom. The van der Waals surface area contributed by atoms with E-state index in [0.717, 1.165) is 38.5 Å². The maximum atomic E-state index is 13.5. The van der Waals surface area contributed by atoms with Crippen molar-refractivity contribution < 1.29 is 89.4 Å². The summed E-state index contributed by atoms with van der Waals surface area (Å²) in [5, 5.41) is 121. The second-order valence-corrected chi connectivity index (χ2v) is 35.2. The monoisotopic (exact) mass is 1640 g/mol. The summed E-state index contributed by atoms with van der Waals surface area (Å²) in [7, 11) is 0. The van der Waals surface area contributed by atoms with E-state index in [1.54, 1.807) is 6.08 Å². The summed E-state index contributed by atoms with van der Waals surface area (Å²) in [5.41, 5.74) is 0. The van der Waals surface area contributed by atoms with E-state index in [9.17, 15) is 61.0 Å². The van der Waals surface area contributed by atoms with Crippen LogP contribution in [0.4, 0.5) is 0 Å². The number of hydrogen-bond acceptors (Lipinski definition) is 18. The average molecular weight is 1640 g/mol. The molecule has 0 saturated carbocycles. The van der Waals surface area contributed by atoms with Crippen LogP contribution in [-0.4, -0.2) is 193 Å². The average Bonchev–Trinajstić information content (AvgIpc) is 0.781. The first kappa shape index (κ1) is 107. The number of hydrogen-bond donors (Lipinski definition) is 12. The number of nitrogens with one attached hydrogen (secondary N) is 1. The molecule has 17 unspecified atom stereocenters. The number of unbranched alkanes of at least 4 members (excludes halogenated alkanes) is 64. The van der Waals surface area contributed by atoms with Crippen LogP contribution in [0, 0.1) is 0 Å². The molecular weight excluding hydrogens is 1460 g/mol. The molecule has 3 saturated heterocycles. The molecule has 0 radical (unpaired) electrons. The van der Waals surface area contributed by atoms with E-state index in [0.29, 0.717) is 12.8 Å². The number of ether oxygens (including phenoxy) is 6. The molecule has 0 aromatic carbocycles. The molecule has 3 heterocycles. The first-order chi connectivity index (χ1) is 56.3. The quantitative estimate of drug-likeness (QED) is 0.0199. The minimum absolute atomic E-state index is 0.242. The number of carbonyl (C=O) groups excluding carboxylic acids is 1. The van der Waals surface area contributed by atoms with Gasteiger partial charge in [-0.05, 0) is 32.1 Å². The normalized spacial score (nSPS) is 24.6. The predicted molar refractivity (Wildman–Crippen MR) is 467 cm³/mol. The fraction of sp³-hybridized carbons (Fsp3) is 0.948. The maximum Gasteiger partial charge on any atom is 0.220 e. The van der Waals surface area contributed by atoms with Crippen molar-refractivity contribution in [2.45, 2.75) is 555 Å². The number of aliphatic hydroxyl groups excluding tert-OH is 11. The summed E-state index contributed by atoms with van der Waals surface area (Å²) < 4.78 is 34.5. The van der Waals surface area contributed by atoms with Crippen molar-refractivity contribution in [1.82, 2.24) is 5.32 Å². The molecule has 3 fully saturated rings. The van der Waals surface area contributed by atoms with Crippen LogP contribution in [0.15, 0.2) is 24.3 Å². The molecule has 0 aromatic heterocycles. The minimum atomic E-state index is -1.98. The van der Waals surface area contributed by atoms with Crippen molar-refractivity contribution in [3.8, 4) is 0 Å². The van der Waals surface area contributed by atoms with Crippen molar-refractivity contribution in [2.75, 3.05) is 26.4 Å². The maximum absolute atomic E-state index is 13.5. The van der Waals surface area contributed by atoms with Gasteiger partial charge in [0.2, 0.25) is 5.91 Å². The highest BCUT2D eigenvalue weighted by Gasteiger charge is 2.54. The zero-order valence-corrected chi connectivity index (χ0v) is 73.8. The highest BCUT2D eigenvalue weighted by molar-refractivity contribution is 5.76. The van der Waals surface area contributed by atoms with Gasteiger partial charge in [-0.3, -0.25) is 4.79 Å². The van der Waals surface area contributed by atoms with Crippen LogP contribution in [0.1, 0.15) is 450 Å². The number of allylic oxidation sites excluding steroid dienone is 3. The Morgan fingerprint density at radius 1 is 0.304 bits per heavy atom. The Bertz CT molecular complexity index is 2160. The molecule has 19 heteroatoms. The van der Waals surface area contributed by atoms with E-state index < -0.39 is 124 Å². The van der Waals surface area contributed by atoms with Crippen molar-refractivity contribution in [1.29, 1.82) is 0 Å². The van der Waals surface area contributed by atoms with E-state index >= 15 is 0 Å². The molecule has 0 aliphatic carbocycles. The van der Waals surface area contributed by atoms with Crippen LogP contribution < -0.4 is 5.32 Å². The van der Waals surface area contributed by atoms with Gasteiger partial charge in [0.25, 0.3) is 0 Å². The molecule has 3 rings (SSSR count). The molecule has 0 spiro atoms. The van der Waals surface area contributed by atoms with Gasteiger partial charge in [-0.15, -0.1) is 0 Å². The fourth-order valence-electron chi connectivity index (χ4n) is 17.0. The number of rotatable bonds is 82. The van der Waals surface area contributed by atoms with Crippen LogP contribution in [0.2, 0.25) is 0 Å². The van der Waals surface area contributed by atoms with E-state index in [1.807, 2.05) is 6.08 Å².